The van der Waals surface area contributed by atoms with Crippen LogP contribution in [0.4, 0.5) is 0 Å². The van der Waals surface area contributed by atoms with Crippen LogP contribution in [-0.2, 0) is 0 Å². The molecule has 2 heteroatoms. The first-order chi connectivity index (χ1) is 7.77. The van der Waals surface area contributed by atoms with Crippen LogP contribution in [0, 0.1) is 0 Å². The van der Waals surface area contributed by atoms with Crippen molar-refractivity contribution in [2.24, 2.45) is 0 Å². The molecule has 0 unspecified atom stereocenters. The Morgan fingerprint density at radius 1 is 1.12 bits per heavy atom. The molecule has 0 radical (unpaired) electrons. The molecule has 88 valence electrons. The second-order valence-corrected chi connectivity index (χ2v) is 7.05. The van der Waals surface area contributed by atoms with Crippen LogP contribution in [0.3, 0.4) is 0 Å². The molecule has 0 spiro atoms. The Bertz CT molecular complexity index is 304. The summed E-state index contributed by atoms with van der Waals surface area (Å²) in [5.41, 5.74) is 0. The molecule has 0 aliphatic heterocycles. The maximum atomic E-state index is 2.81. The topological polar surface area (TPSA) is 3.24 Å². The van der Waals surface area contributed by atoms with E-state index in [0.717, 1.165) is 12.1 Å². The Morgan fingerprint density at radius 2 is 1.75 bits per heavy atom. The van der Waals surface area contributed by atoms with Gasteiger partial charge in [-0.25, -0.2) is 0 Å². The van der Waals surface area contributed by atoms with Gasteiger partial charge in [-0.15, -0.1) is 0 Å². The summed E-state index contributed by atoms with van der Waals surface area (Å²) in [7, 11) is -0.241. The van der Waals surface area contributed by atoms with Crippen molar-refractivity contribution < 1.29 is 0 Å². The summed E-state index contributed by atoms with van der Waals surface area (Å²) in [6, 6.07) is 12.7. The molecule has 0 saturated heterocycles. The van der Waals surface area contributed by atoms with E-state index < -0.39 is 0 Å². The van der Waals surface area contributed by atoms with Crippen molar-refractivity contribution in [3.05, 3.63) is 30.3 Å². The van der Waals surface area contributed by atoms with Crippen LogP contribution < -0.4 is 5.19 Å². The van der Waals surface area contributed by atoms with Gasteiger partial charge in [0.05, 0.1) is 0 Å². The second kappa shape index (κ2) is 5.64. The number of benzene rings is 1. The van der Waals surface area contributed by atoms with Crippen LogP contribution >= 0.6 is 0 Å². The minimum absolute atomic E-state index is 0.241. The van der Waals surface area contributed by atoms with Crippen molar-refractivity contribution in [2.75, 3.05) is 0 Å². The molecular formula is C14H23NSi. The van der Waals surface area contributed by atoms with Gasteiger partial charge in [-0.05, 0) is 24.1 Å². The molecule has 16 heavy (non-hydrogen) atoms. The van der Waals surface area contributed by atoms with Gasteiger partial charge in [0.25, 0.3) is 0 Å². The van der Waals surface area contributed by atoms with Gasteiger partial charge >= 0.3 is 0 Å². The Morgan fingerprint density at radius 3 is 2.31 bits per heavy atom. The molecule has 0 atom stereocenters. The van der Waals surface area contributed by atoms with Crippen LogP contribution in [0.1, 0.15) is 39.5 Å². The standard InChI is InChI=1S/C14H23NSi/c1-12(2)15(13-8-6-7-9-13)16-14-10-4-3-5-11-14/h3-5,10-13H,6-9,16H2,1-2H3. The van der Waals surface area contributed by atoms with E-state index in [1.807, 2.05) is 0 Å². The average Bonchev–Trinajstić information content (AvgIpc) is 2.80. The third-order valence-corrected chi connectivity index (χ3v) is 6.11. The molecule has 2 rings (SSSR count). The van der Waals surface area contributed by atoms with E-state index in [4.69, 9.17) is 0 Å². The first kappa shape index (κ1) is 11.9. The van der Waals surface area contributed by atoms with Crippen molar-refractivity contribution in [2.45, 2.75) is 51.6 Å². The molecule has 1 nitrogen and oxygen atoms in total. The smallest absolute Gasteiger partial charge is 0.127 e. The van der Waals surface area contributed by atoms with Crippen molar-refractivity contribution in [1.29, 1.82) is 0 Å². The van der Waals surface area contributed by atoms with Crippen molar-refractivity contribution in [3.8, 4) is 0 Å². The average molecular weight is 233 g/mol. The Labute approximate surface area is 102 Å². The lowest BCUT2D eigenvalue weighted by atomic mass is 10.2. The minimum atomic E-state index is -0.241. The predicted molar refractivity (Wildman–Crippen MR) is 73.9 cm³/mol. The minimum Gasteiger partial charge on any atom is -0.320 e. The lowest BCUT2D eigenvalue weighted by Gasteiger charge is -2.32. The number of nitrogens with zero attached hydrogens (tertiary/aromatic N) is 1. The molecule has 0 heterocycles. The van der Waals surface area contributed by atoms with E-state index in [2.05, 4.69) is 48.7 Å². The van der Waals surface area contributed by atoms with Gasteiger partial charge in [0, 0.05) is 6.04 Å². The van der Waals surface area contributed by atoms with Gasteiger partial charge in [0.15, 0.2) is 0 Å². The molecule has 1 fully saturated rings. The van der Waals surface area contributed by atoms with Crippen LogP contribution in [0.15, 0.2) is 30.3 Å². The lowest BCUT2D eigenvalue weighted by Crippen LogP contribution is -2.46. The Balaban J connectivity index is 2.02. The molecule has 0 bridgehead atoms. The molecule has 0 aromatic heterocycles. The van der Waals surface area contributed by atoms with E-state index >= 15 is 0 Å². The quantitative estimate of drug-likeness (QED) is 0.720. The normalized spacial score (nSPS) is 18.2. The third kappa shape index (κ3) is 2.95. The van der Waals surface area contributed by atoms with Crippen molar-refractivity contribution in [3.63, 3.8) is 0 Å². The van der Waals surface area contributed by atoms with Crippen LogP contribution in [0.5, 0.6) is 0 Å². The highest BCUT2D eigenvalue weighted by Crippen LogP contribution is 2.24. The zero-order valence-corrected chi connectivity index (χ0v) is 11.9. The molecule has 1 aliphatic rings. The molecule has 1 aromatic rings. The van der Waals surface area contributed by atoms with E-state index in [9.17, 15) is 0 Å². The molecule has 0 N–H and O–H groups in total. The van der Waals surface area contributed by atoms with E-state index in [1.54, 1.807) is 5.19 Å². The summed E-state index contributed by atoms with van der Waals surface area (Å²) in [6.07, 6.45) is 5.74. The summed E-state index contributed by atoms with van der Waals surface area (Å²) < 4.78 is 2.81. The Hall–Kier alpha value is -0.603. The lowest BCUT2D eigenvalue weighted by molar-refractivity contribution is 0.285. The van der Waals surface area contributed by atoms with Crippen LogP contribution in [0.25, 0.3) is 0 Å². The van der Waals surface area contributed by atoms with Crippen LogP contribution in [-0.4, -0.2) is 26.3 Å². The van der Waals surface area contributed by atoms with Crippen LogP contribution in [0.2, 0.25) is 0 Å². The van der Waals surface area contributed by atoms with Gasteiger partial charge in [-0.3, -0.25) is 0 Å². The number of hydrogen-bond acceptors (Lipinski definition) is 1. The summed E-state index contributed by atoms with van der Waals surface area (Å²) >= 11 is 0. The molecular weight excluding hydrogens is 210 g/mol. The SMILES string of the molecule is CC(C)N([SiH2]c1ccccc1)C1CCCC1. The molecule has 1 saturated carbocycles. The maximum absolute atomic E-state index is 2.81. The summed E-state index contributed by atoms with van der Waals surface area (Å²) in [5.74, 6) is 0. The Kier molecular flexibility index (Phi) is 4.19. The van der Waals surface area contributed by atoms with Crippen molar-refractivity contribution >= 4 is 14.9 Å². The summed E-state index contributed by atoms with van der Waals surface area (Å²) in [4.78, 5) is 0. The van der Waals surface area contributed by atoms with E-state index in [0.29, 0.717) is 0 Å². The first-order valence-electron chi connectivity index (χ1n) is 6.57. The highest BCUT2D eigenvalue weighted by atomic mass is 28.2. The van der Waals surface area contributed by atoms with E-state index in [1.165, 1.54) is 25.7 Å². The molecule has 1 aromatic carbocycles. The fourth-order valence-corrected chi connectivity index (χ4v) is 4.66. The largest absolute Gasteiger partial charge is 0.320 e. The highest BCUT2D eigenvalue weighted by molar-refractivity contribution is 6.50. The van der Waals surface area contributed by atoms with E-state index in [-0.39, 0.29) is 9.68 Å². The monoisotopic (exact) mass is 233 g/mol. The fraction of sp³-hybridized carbons (Fsp3) is 0.571. The van der Waals surface area contributed by atoms with Gasteiger partial charge in [-0.2, -0.15) is 0 Å². The fourth-order valence-electron chi connectivity index (χ4n) is 2.76. The van der Waals surface area contributed by atoms with Gasteiger partial charge < -0.3 is 4.57 Å². The maximum Gasteiger partial charge on any atom is 0.127 e. The third-order valence-electron chi connectivity index (χ3n) is 3.66. The first-order valence-corrected chi connectivity index (χ1v) is 7.91. The number of hydrogen-bond donors (Lipinski definition) is 0. The zero-order chi connectivity index (χ0) is 11.4. The predicted octanol–water partition coefficient (Wildman–Crippen LogP) is 2.05. The second-order valence-electron chi connectivity index (χ2n) is 5.19. The van der Waals surface area contributed by atoms with Gasteiger partial charge in [0.2, 0.25) is 0 Å². The highest BCUT2D eigenvalue weighted by Gasteiger charge is 2.24. The summed E-state index contributed by atoms with van der Waals surface area (Å²) in [5, 5.41) is 1.59. The zero-order valence-electron chi connectivity index (χ0n) is 10.5. The van der Waals surface area contributed by atoms with Gasteiger partial charge in [-0.1, -0.05) is 57.0 Å². The molecule has 1 aliphatic carbocycles. The van der Waals surface area contributed by atoms with Gasteiger partial charge in [0.1, 0.15) is 9.68 Å². The molecule has 0 amide bonds. The summed E-state index contributed by atoms with van der Waals surface area (Å²) in [6.45, 7) is 4.71. The van der Waals surface area contributed by atoms with Crippen molar-refractivity contribution in [1.82, 2.24) is 4.57 Å². The number of rotatable bonds is 4.